The van der Waals surface area contributed by atoms with Gasteiger partial charge in [0.05, 0.1) is 11.6 Å². The zero-order valence-electron chi connectivity index (χ0n) is 10.8. The molecule has 2 heterocycles. The van der Waals surface area contributed by atoms with E-state index in [4.69, 9.17) is 10.5 Å². The summed E-state index contributed by atoms with van der Waals surface area (Å²) in [4.78, 5) is 8.51. The van der Waals surface area contributed by atoms with E-state index in [9.17, 15) is 0 Å². The van der Waals surface area contributed by atoms with Crippen LogP contribution in [0, 0.1) is 0 Å². The van der Waals surface area contributed by atoms with Gasteiger partial charge in [-0.05, 0) is 31.4 Å². The number of nitrogens with two attached hydrogens (primary N) is 1. The first-order chi connectivity index (χ1) is 9.33. The van der Waals surface area contributed by atoms with Gasteiger partial charge in [0.25, 0.3) is 0 Å². The van der Waals surface area contributed by atoms with Gasteiger partial charge in [0.1, 0.15) is 5.82 Å². The Morgan fingerprint density at radius 2 is 2.16 bits per heavy atom. The van der Waals surface area contributed by atoms with Crippen molar-refractivity contribution in [3.8, 4) is 0 Å². The number of para-hydroxylation sites is 1. The molecule has 0 saturated carbocycles. The smallest absolute Gasteiger partial charge is 0.222 e. The van der Waals surface area contributed by atoms with Crippen molar-refractivity contribution in [3.05, 3.63) is 24.3 Å². The van der Waals surface area contributed by atoms with Crippen LogP contribution < -0.4 is 11.1 Å². The minimum atomic E-state index is 0.267. The highest BCUT2D eigenvalue weighted by Crippen LogP contribution is 2.21. The molecule has 1 atom stereocenters. The third-order valence-electron chi connectivity index (χ3n) is 3.39. The van der Waals surface area contributed by atoms with E-state index in [0.717, 1.165) is 36.3 Å². The maximum Gasteiger partial charge on any atom is 0.222 e. The van der Waals surface area contributed by atoms with Crippen molar-refractivity contribution in [1.82, 2.24) is 9.97 Å². The summed E-state index contributed by atoms with van der Waals surface area (Å²) in [7, 11) is 0. The fraction of sp³-hybridized carbons (Fsp3) is 0.429. The third-order valence-corrected chi connectivity index (χ3v) is 3.39. The Labute approximate surface area is 112 Å². The number of hydrogen-bond donors (Lipinski definition) is 2. The Hall–Kier alpha value is -1.88. The van der Waals surface area contributed by atoms with Crippen molar-refractivity contribution in [2.45, 2.75) is 25.4 Å². The van der Waals surface area contributed by atoms with E-state index in [-0.39, 0.29) is 6.10 Å². The predicted octanol–water partition coefficient (Wildman–Crippen LogP) is 2.19. The standard InChI is InChI=1S/C14H18N4O/c15-14-17-12-7-2-1-6-11(12)13(18-14)16-9-10-5-3-4-8-19-10/h1-2,6-7,10H,3-5,8-9H2,(H3,15,16,17,18). The number of rotatable bonds is 3. The maximum absolute atomic E-state index is 5.74. The number of nitrogens with zero attached hydrogens (tertiary/aromatic N) is 2. The summed E-state index contributed by atoms with van der Waals surface area (Å²) < 4.78 is 5.70. The van der Waals surface area contributed by atoms with Gasteiger partial charge in [-0.2, -0.15) is 4.98 Å². The summed E-state index contributed by atoms with van der Waals surface area (Å²) in [5.41, 5.74) is 6.60. The lowest BCUT2D eigenvalue weighted by molar-refractivity contribution is 0.0247. The van der Waals surface area contributed by atoms with Gasteiger partial charge in [-0.25, -0.2) is 4.98 Å². The molecule has 0 radical (unpaired) electrons. The molecule has 1 aromatic heterocycles. The van der Waals surface area contributed by atoms with E-state index in [2.05, 4.69) is 15.3 Å². The third kappa shape index (κ3) is 2.76. The summed E-state index contributed by atoms with van der Waals surface area (Å²) in [6.45, 7) is 1.62. The maximum atomic E-state index is 5.74. The van der Waals surface area contributed by atoms with Crippen molar-refractivity contribution < 1.29 is 4.74 Å². The minimum absolute atomic E-state index is 0.267. The highest BCUT2D eigenvalue weighted by molar-refractivity contribution is 5.89. The summed E-state index contributed by atoms with van der Waals surface area (Å²) >= 11 is 0. The minimum Gasteiger partial charge on any atom is -0.376 e. The van der Waals surface area contributed by atoms with Crippen LogP contribution in [0.1, 0.15) is 19.3 Å². The molecule has 5 heteroatoms. The zero-order chi connectivity index (χ0) is 13.1. The van der Waals surface area contributed by atoms with Crippen molar-refractivity contribution in [2.24, 2.45) is 0 Å². The second-order valence-electron chi connectivity index (χ2n) is 4.82. The van der Waals surface area contributed by atoms with Crippen molar-refractivity contribution in [2.75, 3.05) is 24.2 Å². The van der Waals surface area contributed by atoms with Crippen LogP contribution >= 0.6 is 0 Å². The molecule has 19 heavy (non-hydrogen) atoms. The molecule has 5 nitrogen and oxygen atoms in total. The Balaban J connectivity index is 1.79. The van der Waals surface area contributed by atoms with Gasteiger partial charge >= 0.3 is 0 Å². The van der Waals surface area contributed by atoms with E-state index in [1.54, 1.807) is 0 Å². The summed E-state index contributed by atoms with van der Waals surface area (Å²) in [6, 6.07) is 7.86. The molecule has 2 aromatic rings. The first kappa shape index (κ1) is 12.2. The molecule has 1 unspecified atom stereocenters. The van der Waals surface area contributed by atoms with Gasteiger partial charge < -0.3 is 15.8 Å². The first-order valence-corrected chi connectivity index (χ1v) is 6.70. The Morgan fingerprint density at radius 3 is 3.00 bits per heavy atom. The molecule has 0 spiro atoms. The Bertz CT molecular complexity index is 566. The number of anilines is 2. The molecular weight excluding hydrogens is 240 g/mol. The van der Waals surface area contributed by atoms with Crippen LogP contribution in [0.25, 0.3) is 10.9 Å². The number of benzene rings is 1. The van der Waals surface area contributed by atoms with E-state index in [1.807, 2.05) is 24.3 Å². The van der Waals surface area contributed by atoms with Crippen LogP contribution in [0.5, 0.6) is 0 Å². The lowest BCUT2D eigenvalue weighted by atomic mass is 10.1. The lowest BCUT2D eigenvalue weighted by Crippen LogP contribution is -2.27. The second-order valence-corrected chi connectivity index (χ2v) is 4.82. The number of hydrogen-bond acceptors (Lipinski definition) is 5. The second kappa shape index (κ2) is 5.40. The quantitative estimate of drug-likeness (QED) is 0.883. The topological polar surface area (TPSA) is 73.1 Å². The number of ether oxygens (including phenoxy) is 1. The van der Waals surface area contributed by atoms with Gasteiger partial charge in [0.15, 0.2) is 0 Å². The average molecular weight is 258 g/mol. The Kier molecular flexibility index (Phi) is 3.46. The van der Waals surface area contributed by atoms with E-state index < -0.39 is 0 Å². The largest absolute Gasteiger partial charge is 0.376 e. The number of aromatic nitrogens is 2. The molecule has 1 aliphatic rings. The summed E-state index contributed by atoms with van der Waals surface area (Å²) in [6.07, 6.45) is 3.77. The van der Waals surface area contributed by atoms with Gasteiger partial charge in [-0.1, -0.05) is 12.1 Å². The zero-order valence-corrected chi connectivity index (χ0v) is 10.8. The van der Waals surface area contributed by atoms with Crippen LogP contribution in [-0.4, -0.2) is 29.2 Å². The fourth-order valence-corrected chi connectivity index (χ4v) is 2.41. The molecule has 1 saturated heterocycles. The van der Waals surface area contributed by atoms with Crippen LogP contribution in [0.4, 0.5) is 11.8 Å². The van der Waals surface area contributed by atoms with Crippen LogP contribution in [0.2, 0.25) is 0 Å². The molecule has 1 aromatic carbocycles. The molecule has 1 fully saturated rings. The monoisotopic (exact) mass is 258 g/mol. The SMILES string of the molecule is Nc1nc(NCC2CCCCO2)c2ccccc2n1. The molecule has 0 bridgehead atoms. The van der Waals surface area contributed by atoms with Gasteiger partial charge in [0, 0.05) is 18.5 Å². The van der Waals surface area contributed by atoms with Crippen LogP contribution in [0.3, 0.4) is 0 Å². The van der Waals surface area contributed by atoms with E-state index in [0.29, 0.717) is 5.95 Å². The average Bonchev–Trinajstić information content (AvgIpc) is 2.45. The number of nitrogens with one attached hydrogen (secondary N) is 1. The van der Waals surface area contributed by atoms with Gasteiger partial charge in [-0.3, -0.25) is 0 Å². The Morgan fingerprint density at radius 1 is 1.26 bits per heavy atom. The van der Waals surface area contributed by atoms with E-state index >= 15 is 0 Å². The molecule has 0 aliphatic carbocycles. The number of fused-ring (bicyclic) bond motifs is 1. The molecular formula is C14H18N4O. The van der Waals surface area contributed by atoms with Crippen molar-refractivity contribution >= 4 is 22.7 Å². The van der Waals surface area contributed by atoms with Crippen LogP contribution in [0.15, 0.2) is 24.3 Å². The lowest BCUT2D eigenvalue weighted by Gasteiger charge is -2.23. The van der Waals surface area contributed by atoms with Gasteiger partial charge in [0.2, 0.25) is 5.95 Å². The molecule has 3 N–H and O–H groups in total. The van der Waals surface area contributed by atoms with Crippen molar-refractivity contribution in [3.63, 3.8) is 0 Å². The van der Waals surface area contributed by atoms with Gasteiger partial charge in [-0.15, -0.1) is 0 Å². The van der Waals surface area contributed by atoms with Crippen molar-refractivity contribution in [1.29, 1.82) is 0 Å². The molecule has 100 valence electrons. The normalized spacial score (nSPS) is 19.5. The molecule has 3 rings (SSSR count). The first-order valence-electron chi connectivity index (χ1n) is 6.70. The molecule has 1 aliphatic heterocycles. The fourth-order valence-electron chi connectivity index (χ4n) is 2.41. The highest BCUT2D eigenvalue weighted by Gasteiger charge is 2.14. The van der Waals surface area contributed by atoms with E-state index in [1.165, 1.54) is 12.8 Å². The summed E-state index contributed by atoms with van der Waals surface area (Å²) in [5, 5.41) is 4.34. The summed E-state index contributed by atoms with van der Waals surface area (Å²) in [5.74, 6) is 1.09. The predicted molar refractivity (Wildman–Crippen MR) is 76.0 cm³/mol. The number of nitrogen functional groups attached to an aromatic ring is 1. The highest BCUT2D eigenvalue weighted by atomic mass is 16.5. The molecule has 0 amide bonds. The van der Waals surface area contributed by atoms with Crippen LogP contribution in [-0.2, 0) is 4.74 Å².